The van der Waals surface area contributed by atoms with Crippen molar-refractivity contribution in [2.75, 3.05) is 18.1 Å². The van der Waals surface area contributed by atoms with E-state index in [1.165, 1.54) is 0 Å². The molecule has 0 bridgehead atoms. The molecule has 6 heteroatoms. The van der Waals surface area contributed by atoms with Gasteiger partial charge in [0.05, 0.1) is 24.5 Å². The normalized spacial score (nSPS) is 15.6. The summed E-state index contributed by atoms with van der Waals surface area (Å²) in [6.07, 6.45) is -0.656. The molecule has 0 saturated heterocycles. The Labute approximate surface area is 170 Å². The van der Waals surface area contributed by atoms with Gasteiger partial charge >= 0.3 is 5.97 Å². The van der Waals surface area contributed by atoms with Crippen molar-refractivity contribution in [2.24, 2.45) is 0 Å². The van der Waals surface area contributed by atoms with Crippen LogP contribution in [0.25, 0.3) is 11.1 Å². The summed E-state index contributed by atoms with van der Waals surface area (Å²) in [4.78, 5) is 14.5. The fraction of sp³-hybridized carbons (Fsp3) is 0.304. The van der Waals surface area contributed by atoms with E-state index in [4.69, 9.17) is 14.0 Å². The highest BCUT2D eigenvalue weighted by molar-refractivity contribution is 5.80. The number of esters is 1. The van der Waals surface area contributed by atoms with Gasteiger partial charge in [-0.15, -0.1) is 0 Å². The van der Waals surface area contributed by atoms with Crippen molar-refractivity contribution in [3.05, 3.63) is 65.5 Å². The molecule has 1 aliphatic heterocycles. The van der Waals surface area contributed by atoms with Gasteiger partial charge in [-0.2, -0.15) is 0 Å². The third kappa shape index (κ3) is 3.83. The second kappa shape index (κ2) is 7.99. The van der Waals surface area contributed by atoms with Crippen molar-refractivity contribution in [2.45, 2.75) is 33.4 Å². The number of fused-ring (bicyclic) bond motifs is 1. The Hall–Kier alpha value is -3.28. The number of aryl methyl sites for hydroxylation is 2. The summed E-state index contributed by atoms with van der Waals surface area (Å²) in [6.45, 7) is 7.05. The minimum Gasteiger partial charge on any atom is -0.475 e. The molecule has 1 atom stereocenters. The van der Waals surface area contributed by atoms with Crippen molar-refractivity contribution in [3.8, 4) is 16.9 Å². The summed E-state index contributed by atoms with van der Waals surface area (Å²) in [5.41, 5.74) is 4.94. The summed E-state index contributed by atoms with van der Waals surface area (Å²) in [6, 6.07) is 16.1. The van der Waals surface area contributed by atoms with Gasteiger partial charge in [0.25, 0.3) is 0 Å². The van der Waals surface area contributed by atoms with Crippen LogP contribution in [-0.4, -0.2) is 30.4 Å². The van der Waals surface area contributed by atoms with Crippen LogP contribution in [-0.2, 0) is 16.1 Å². The molecule has 0 spiro atoms. The van der Waals surface area contributed by atoms with E-state index in [1.807, 2.05) is 44.2 Å². The SMILES string of the molecule is CCOC(=O)C1CN(Cc2ccccc2)c2cc(-c3c(C)noc3C)ccc2O1. The number of rotatable bonds is 5. The molecular weight excluding hydrogens is 368 g/mol. The Morgan fingerprint density at radius 3 is 2.69 bits per heavy atom. The van der Waals surface area contributed by atoms with Crippen LogP contribution in [0.15, 0.2) is 53.1 Å². The lowest BCUT2D eigenvalue weighted by molar-refractivity contribution is -0.151. The summed E-state index contributed by atoms with van der Waals surface area (Å²) >= 11 is 0. The lowest BCUT2D eigenvalue weighted by atomic mass is 10.0. The summed E-state index contributed by atoms with van der Waals surface area (Å²) in [5.74, 6) is 1.10. The molecule has 2 aromatic carbocycles. The van der Waals surface area contributed by atoms with Gasteiger partial charge in [-0.1, -0.05) is 41.6 Å². The minimum atomic E-state index is -0.656. The number of nitrogens with zero attached hydrogens (tertiary/aromatic N) is 2. The van der Waals surface area contributed by atoms with Crippen LogP contribution in [0.3, 0.4) is 0 Å². The molecule has 1 aromatic heterocycles. The maximum absolute atomic E-state index is 12.4. The number of hydrogen-bond acceptors (Lipinski definition) is 6. The number of hydrogen-bond donors (Lipinski definition) is 0. The first-order chi connectivity index (χ1) is 14.1. The molecule has 1 aliphatic rings. The zero-order chi connectivity index (χ0) is 20.4. The van der Waals surface area contributed by atoms with Gasteiger partial charge in [-0.05, 0) is 44.0 Å². The van der Waals surface area contributed by atoms with E-state index in [9.17, 15) is 4.79 Å². The molecule has 0 aliphatic carbocycles. The number of anilines is 1. The van der Waals surface area contributed by atoms with Crippen molar-refractivity contribution in [1.29, 1.82) is 0 Å². The van der Waals surface area contributed by atoms with E-state index >= 15 is 0 Å². The number of benzene rings is 2. The van der Waals surface area contributed by atoms with Crippen LogP contribution in [0, 0.1) is 13.8 Å². The fourth-order valence-corrected chi connectivity index (χ4v) is 3.72. The van der Waals surface area contributed by atoms with E-state index in [0.717, 1.165) is 33.8 Å². The minimum absolute atomic E-state index is 0.329. The third-order valence-electron chi connectivity index (χ3n) is 5.04. The molecule has 0 saturated carbocycles. The topological polar surface area (TPSA) is 64.8 Å². The second-order valence-electron chi connectivity index (χ2n) is 7.11. The molecule has 4 rings (SSSR count). The molecule has 0 amide bonds. The van der Waals surface area contributed by atoms with Gasteiger partial charge in [0.1, 0.15) is 11.5 Å². The van der Waals surface area contributed by atoms with Gasteiger partial charge < -0.3 is 18.9 Å². The molecule has 29 heavy (non-hydrogen) atoms. The molecule has 1 unspecified atom stereocenters. The quantitative estimate of drug-likeness (QED) is 0.604. The molecule has 0 N–H and O–H groups in total. The van der Waals surface area contributed by atoms with Crippen molar-refractivity contribution >= 4 is 11.7 Å². The maximum Gasteiger partial charge on any atom is 0.349 e. The number of carbonyl (C=O) groups excluding carboxylic acids is 1. The lowest BCUT2D eigenvalue weighted by Crippen LogP contribution is -2.45. The molecule has 0 fully saturated rings. The average molecular weight is 392 g/mol. The smallest absolute Gasteiger partial charge is 0.349 e. The van der Waals surface area contributed by atoms with Gasteiger partial charge in [0, 0.05) is 12.1 Å². The van der Waals surface area contributed by atoms with E-state index < -0.39 is 6.10 Å². The van der Waals surface area contributed by atoms with Crippen molar-refractivity contribution in [3.63, 3.8) is 0 Å². The first-order valence-electron chi connectivity index (χ1n) is 9.76. The highest BCUT2D eigenvalue weighted by Gasteiger charge is 2.32. The summed E-state index contributed by atoms with van der Waals surface area (Å²) < 4.78 is 16.5. The Kier molecular flexibility index (Phi) is 5.25. The highest BCUT2D eigenvalue weighted by atomic mass is 16.6. The predicted octanol–water partition coefficient (Wildman–Crippen LogP) is 4.29. The molecule has 150 valence electrons. The van der Waals surface area contributed by atoms with Gasteiger partial charge in [-0.25, -0.2) is 4.79 Å². The van der Waals surface area contributed by atoms with Crippen LogP contribution in [0.2, 0.25) is 0 Å². The Morgan fingerprint density at radius 1 is 1.21 bits per heavy atom. The molecule has 2 heterocycles. The molecule has 3 aromatic rings. The number of carbonyl (C=O) groups is 1. The average Bonchev–Trinajstić information content (AvgIpc) is 3.06. The molecule has 0 radical (unpaired) electrons. The highest BCUT2D eigenvalue weighted by Crippen LogP contribution is 2.39. The van der Waals surface area contributed by atoms with Crippen LogP contribution >= 0.6 is 0 Å². The van der Waals surface area contributed by atoms with Crippen molar-refractivity contribution in [1.82, 2.24) is 5.16 Å². The Morgan fingerprint density at radius 2 is 2.00 bits per heavy atom. The van der Waals surface area contributed by atoms with E-state index in [0.29, 0.717) is 25.4 Å². The molecular formula is C23H24N2O4. The van der Waals surface area contributed by atoms with Crippen LogP contribution in [0.4, 0.5) is 5.69 Å². The standard InChI is InChI=1S/C23H24N2O4/c1-4-27-23(26)21-14-25(13-17-8-6-5-7-9-17)19-12-18(10-11-20(19)28-21)22-15(2)24-29-16(22)3/h5-12,21H,4,13-14H2,1-3H3. The third-order valence-corrected chi connectivity index (χ3v) is 5.04. The van der Waals surface area contributed by atoms with Gasteiger partial charge in [-0.3, -0.25) is 0 Å². The van der Waals surface area contributed by atoms with Crippen LogP contribution in [0.5, 0.6) is 5.75 Å². The van der Waals surface area contributed by atoms with Gasteiger partial charge in [0.15, 0.2) is 0 Å². The first-order valence-corrected chi connectivity index (χ1v) is 9.76. The van der Waals surface area contributed by atoms with Crippen molar-refractivity contribution < 1.29 is 18.8 Å². The zero-order valence-electron chi connectivity index (χ0n) is 16.8. The second-order valence-corrected chi connectivity index (χ2v) is 7.11. The lowest BCUT2D eigenvalue weighted by Gasteiger charge is -2.35. The largest absolute Gasteiger partial charge is 0.475 e. The first kappa shape index (κ1) is 19.1. The monoisotopic (exact) mass is 392 g/mol. The summed E-state index contributed by atoms with van der Waals surface area (Å²) in [7, 11) is 0. The maximum atomic E-state index is 12.4. The number of ether oxygens (including phenoxy) is 2. The van der Waals surface area contributed by atoms with Crippen LogP contribution in [0.1, 0.15) is 23.9 Å². The Bertz CT molecular complexity index is 993. The van der Waals surface area contributed by atoms with E-state index in [-0.39, 0.29) is 5.97 Å². The van der Waals surface area contributed by atoms with E-state index in [2.05, 4.69) is 28.3 Å². The van der Waals surface area contributed by atoms with Gasteiger partial charge in [0.2, 0.25) is 6.10 Å². The number of aromatic nitrogens is 1. The van der Waals surface area contributed by atoms with Crippen LogP contribution < -0.4 is 9.64 Å². The zero-order valence-corrected chi connectivity index (χ0v) is 16.8. The molecule has 6 nitrogen and oxygen atoms in total. The summed E-state index contributed by atoms with van der Waals surface area (Å²) in [5, 5.41) is 4.07. The fourth-order valence-electron chi connectivity index (χ4n) is 3.72. The Balaban J connectivity index is 1.73. The predicted molar refractivity (Wildman–Crippen MR) is 110 cm³/mol. The van der Waals surface area contributed by atoms with E-state index in [1.54, 1.807) is 6.92 Å².